The lowest BCUT2D eigenvalue weighted by Gasteiger charge is -2.22. The van der Waals surface area contributed by atoms with Crippen LogP contribution in [0.15, 0.2) is 22.7 Å². The zero-order valence-electron chi connectivity index (χ0n) is 12.7. The summed E-state index contributed by atoms with van der Waals surface area (Å²) in [5, 5.41) is 12.6. The van der Waals surface area contributed by atoms with Crippen molar-refractivity contribution in [2.75, 3.05) is 13.2 Å². The SMILES string of the molecule is CCCOc1ccc(Br)cc1CNC(CCO)C(C)C. The number of aliphatic hydroxyl groups excluding tert-OH is 1. The summed E-state index contributed by atoms with van der Waals surface area (Å²) >= 11 is 3.51. The maximum atomic E-state index is 9.13. The van der Waals surface area contributed by atoms with Gasteiger partial charge >= 0.3 is 0 Å². The van der Waals surface area contributed by atoms with Crippen LogP contribution in [0.2, 0.25) is 0 Å². The first-order chi connectivity index (χ1) is 9.58. The van der Waals surface area contributed by atoms with E-state index in [1.165, 1.54) is 0 Å². The fourth-order valence-electron chi connectivity index (χ4n) is 2.09. The van der Waals surface area contributed by atoms with Gasteiger partial charge in [0.05, 0.1) is 6.61 Å². The van der Waals surface area contributed by atoms with Crippen LogP contribution in [0, 0.1) is 5.92 Å². The zero-order chi connectivity index (χ0) is 15.0. The predicted octanol–water partition coefficient (Wildman–Crippen LogP) is 3.73. The van der Waals surface area contributed by atoms with E-state index in [1.807, 2.05) is 12.1 Å². The van der Waals surface area contributed by atoms with Crippen molar-refractivity contribution >= 4 is 15.9 Å². The molecule has 0 aliphatic heterocycles. The highest BCUT2D eigenvalue weighted by molar-refractivity contribution is 9.10. The molecule has 0 spiro atoms. The smallest absolute Gasteiger partial charge is 0.123 e. The quantitative estimate of drug-likeness (QED) is 0.717. The molecule has 0 saturated carbocycles. The topological polar surface area (TPSA) is 41.5 Å². The molecule has 0 fully saturated rings. The Morgan fingerprint density at radius 3 is 2.70 bits per heavy atom. The fourth-order valence-corrected chi connectivity index (χ4v) is 2.50. The average Bonchev–Trinajstić information content (AvgIpc) is 2.42. The summed E-state index contributed by atoms with van der Waals surface area (Å²) in [6.45, 7) is 8.14. The molecule has 0 heterocycles. The molecule has 1 atom stereocenters. The summed E-state index contributed by atoms with van der Waals surface area (Å²) in [6.07, 6.45) is 1.78. The minimum absolute atomic E-state index is 0.216. The van der Waals surface area contributed by atoms with Crippen molar-refractivity contribution in [2.45, 2.75) is 46.2 Å². The summed E-state index contributed by atoms with van der Waals surface area (Å²) in [4.78, 5) is 0. The van der Waals surface area contributed by atoms with Crippen molar-refractivity contribution < 1.29 is 9.84 Å². The molecular formula is C16H26BrNO2. The molecule has 0 aliphatic rings. The molecule has 114 valence electrons. The second-order valence-electron chi connectivity index (χ2n) is 5.34. The molecule has 0 aromatic heterocycles. The number of hydrogen-bond donors (Lipinski definition) is 2. The van der Waals surface area contributed by atoms with Crippen LogP contribution in [0.4, 0.5) is 0 Å². The third-order valence-corrected chi connectivity index (χ3v) is 3.78. The van der Waals surface area contributed by atoms with E-state index < -0.39 is 0 Å². The molecule has 1 aromatic carbocycles. The van der Waals surface area contributed by atoms with Crippen LogP contribution in [0.3, 0.4) is 0 Å². The molecular weight excluding hydrogens is 318 g/mol. The monoisotopic (exact) mass is 343 g/mol. The normalized spacial score (nSPS) is 12.7. The van der Waals surface area contributed by atoms with Crippen LogP contribution in [0.1, 0.15) is 39.2 Å². The van der Waals surface area contributed by atoms with Gasteiger partial charge < -0.3 is 15.2 Å². The lowest BCUT2D eigenvalue weighted by Crippen LogP contribution is -2.34. The standard InChI is InChI=1S/C16H26BrNO2/c1-4-9-20-16-6-5-14(17)10-13(16)11-18-15(7-8-19)12(2)3/h5-6,10,12,15,18-19H,4,7-9,11H2,1-3H3. The van der Waals surface area contributed by atoms with Crippen LogP contribution in [-0.2, 0) is 6.54 Å². The first-order valence-corrected chi connectivity index (χ1v) is 8.13. The van der Waals surface area contributed by atoms with Gasteiger partial charge in [-0.1, -0.05) is 36.7 Å². The van der Waals surface area contributed by atoms with Gasteiger partial charge in [0, 0.05) is 29.2 Å². The van der Waals surface area contributed by atoms with Gasteiger partial charge in [0.2, 0.25) is 0 Å². The summed E-state index contributed by atoms with van der Waals surface area (Å²) < 4.78 is 6.84. The summed E-state index contributed by atoms with van der Waals surface area (Å²) in [6, 6.07) is 6.42. The molecule has 2 N–H and O–H groups in total. The Labute approximate surface area is 130 Å². The molecule has 20 heavy (non-hydrogen) atoms. The molecule has 0 amide bonds. The third kappa shape index (κ3) is 5.81. The summed E-state index contributed by atoms with van der Waals surface area (Å²) in [7, 11) is 0. The van der Waals surface area contributed by atoms with Crippen molar-refractivity contribution in [1.82, 2.24) is 5.32 Å². The van der Waals surface area contributed by atoms with Crippen molar-refractivity contribution in [3.63, 3.8) is 0 Å². The number of rotatable bonds is 9. The largest absolute Gasteiger partial charge is 0.493 e. The summed E-state index contributed by atoms with van der Waals surface area (Å²) in [5.74, 6) is 1.43. The van der Waals surface area contributed by atoms with Crippen LogP contribution in [0.25, 0.3) is 0 Å². The molecule has 0 saturated heterocycles. The number of nitrogens with one attached hydrogen (secondary N) is 1. The fraction of sp³-hybridized carbons (Fsp3) is 0.625. The van der Waals surface area contributed by atoms with Crippen LogP contribution >= 0.6 is 15.9 Å². The van der Waals surface area contributed by atoms with Crippen LogP contribution in [0.5, 0.6) is 5.75 Å². The molecule has 0 aliphatic carbocycles. The van der Waals surface area contributed by atoms with E-state index in [0.717, 1.165) is 41.8 Å². The Morgan fingerprint density at radius 2 is 2.10 bits per heavy atom. The molecule has 1 aromatic rings. The Hall–Kier alpha value is -0.580. The van der Waals surface area contributed by atoms with Gasteiger partial charge in [-0.05, 0) is 37.0 Å². The van der Waals surface area contributed by atoms with Crippen molar-refractivity contribution in [1.29, 1.82) is 0 Å². The van der Waals surface area contributed by atoms with E-state index >= 15 is 0 Å². The van der Waals surface area contributed by atoms with Crippen LogP contribution in [-0.4, -0.2) is 24.4 Å². The van der Waals surface area contributed by atoms with Gasteiger partial charge in [-0.3, -0.25) is 0 Å². The predicted molar refractivity (Wildman–Crippen MR) is 87.1 cm³/mol. The number of ether oxygens (including phenoxy) is 1. The van der Waals surface area contributed by atoms with Crippen molar-refractivity contribution in [3.8, 4) is 5.75 Å². The average molecular weight is 344 g/mol. The number of halogens is 1. The maximum absolute atomic E-state index is 9.13. The lowest BCUT2D eigenvalue weighted by atomic mass is 10.0. The van der Waals surface area contributed by atoms with Gasteiger partial charge in [-0.15, -0.1) is 0 Å². The Kier molecular flexibility index (Phi) is 8.19. The Morgan fingerprint density at radius 1 is 1.35 bits per heavy atom. The van der Waals surface area contributed by atoms with Crippen molar-refractivity contribution in [3.05, 3.63) is 28.2 Å². The van der Waals surface area contributed by atoms with E-state index in [4.69, 9.17) is 9.84 Å². The van der Waals surface area contributed by atoms with E-state index in [9.17, 15) is 0 Å². The Bertz CT molecular complexity index is 396. The minimum atomic E-state index is 0.216. The van der Waals surface area contributed by atoms with Gasteiger partial charge in [0.15, 0.2) is 0 Å². The second-order valence-corrected chi connectivity index (χ2v) is 6.26. The van der Waals surface area contributed by atoms with E-state index in [0.29, 0.717) is 12.0 Å². The highest BCUT2D eigenvalue weighted by Crippen LogP contribution is 2.24. The van der Waals surface area contributed by atoms with Crippen molar-refractivity contribution in [2.24, 2.45) is 5.92 Å². The maximum Gasteiger partial charge on any atom is 0.123 e. The van der Waals surface area contributed by atoms with Gasteiger partial charge in [-0.25, -0.2) is 0 Å². The first-order valence-electron chi connectivity index (χ1n) is 7.34. The number of benzene rings is 1. The van der Waals surface area contributed by atoms with E-state index in [1.54, 1.807) is 0 Å². The first kappa shape index (κ1) is 17.5. The Balaban J connectivity index is 2.71. The zero-order valence-corrected chi connectivity index (χ0v) is 14.2. The number of aliphatic hydroxyl groups is 1. The van der Waals surface area contributed by atoms with Gasteiger partial charge in [0.1, 0.15) is 5.75 Å². The molecule has 0 bridgehead atoms. The molecule has 1 rings (SSSR count). The third-order valence-electron chi connectivity index (χ3n) is 3.28. The van der Waals surface area contributed by atoms with E-state index in [2.05, 4.69) is 48.1 Å². The van der Waals surface area contributed by atoms with Crippen LogP contribution < -0.4 is 10.1 Å². The highest BCUT2D eigenvalue weighted by Gasteiger charge is 2.13. The summed E-state index contributed by atoms with van der Waals surface area (Å²) in [5.41, 5.74) is 1.15. The molecule has 3 nitrogen and oxygen atoms in total. The number of hydrogen-bond acceptors (Lipinski definition) is 3. The minimum Gasteiger partial charge on any atom is -0.493 e. The molecule has 4 heteroatoms. The lowest BCUT2D eigenvalue weighted by molar-refractivity contribution is 0.243. The van der Waals surface area contributed by atoms with Gasteiger partial charge in [0.25, 0.3) is 0 Å². The highest BCUT2D eigenvalue weighted by atomic mass is 79.9. The molecule has 0 radical (unpaired) electrons. The molecule has 1 unspecified atom stereocenters. The van der Waals surface area contributed by atoms with Gasteiger partial charge in [-0.2, -0.15) is 0 Å². The van der Waals surface area contributed by atoms with E-state index in [-0.39, 0.29) is 6.61 Å². The second kappa shape index (κ2) is 9.37.